The molecule has 4 aromatic carbocycles. The number of rotatable bonds is 6. The van der Waals surface area contributed by atoms with Gasteiger partial charge in [0.2, 0.25) is 0 Å². The first-order chi connectivity index (χ1) is 15.1. The van der Waals surface area contributed by atoms with Gasteiger partial charge in [-0.1, -0.05) is 76.6 Å². The fourth-order valence-electron chi connectivity index (χ4n) is 3.32. The molecule has 1 N–H and O–H groups in total. The molecule has 31 heavy (non-hydrogen) atoms. The molecule has 4 nitrogen and oxygen atoms in total. The van der Waals surface area contributed by atoms with Gasteiger partial charge in [-0.2, -0.15) is 5.10 Å². The first kappa shape index (κ1) is 20.8. The molecule has 1 amide bonds. The van der Waals surface area contributed by atoms with Crippen LogP contribution in [0.15, 0.2) is 94.5 Å². The fraction of sp³-hybridized carbons (Fsp3) is 0.0769. The smallest absolute Gasteiger partial charge is 0.271 e. The first-order valence-corrected chi connectivity index (χ1v) is 10.7. The van der Waals surface area contributed by atoms with Crippen molar-refractivity contribution in [3.8, 4) is 5.75 Å². The van der Waals surface area contributed by atoms with Crippen molar-refractivity contribution in [3.63, 3.8) is 0 Å². The van der Waals surface area contributed by atoms with E-state index < -0.39 is 0 Å². The lowest BCUT2D eigenvalue weighted by Gasteiger charge is -2.12. The second-order valence-electron chi connectivity index (χ2n) is 7.13. The SMILES string of the molecule is Cc1ccccc1C(=O)N/N=C\c1c(OCc2ccc(Br)cc2)ccc2ccccc12. The van der Waals surface area contributed by atoms with Crippen LogP contribution in [-0.4, -0.2) is 12.1 Å². The normalized spacial score (nSPS) is 11.0. The van der Waals surface area contributed by atoms with Crippen molar-refractivity contribution in [3.05, 3.63) is 112 Å². The Morgan fingerprint density at radius 3 is 2.52 bits per heavy atom. The number of amides is 1. The van der Waals surface area contributed by atoms with E-state index in [9.17, 15) is 4.79 Å². The summed E-state index contributed by atoms with van der Waals surface area (Å²) in [5.74, 6) is 0.461. The molecule has 154 valence electrons. The van der Waals surface area contributed by atoms with Gasteiger partial charge in [0, 0.05) is 15.6 Å². The lowest BCUT2D eigenvalue weighted by Crippen LogP contribution is -2.18. The minimum Gasteiger partial charge on any atom is -0.488 e. The number of carbonyl (C=O) groups excluding carboxylic acids is 1. The molecule has 0 atom stereocenters. The third-order valence-electron chi connectivity index (χ3n) is 4.99. The van der Waals surface area contributed by atoms with Crippen molar-refractivity contribution < 1.29 is 9.53 Å². The molecule has 0 bridgehead atoms. The topological polar surface area (TPSA) is 50.7 Å². The number of hydrogen-bond acceptors (Lipinski definition) is 3. The number of benzene rings is 4. The summed E-state index contributed by atoms with van der Waals surface area (Å²) in [5.41, 5.74) is 6.01. The van der Waals surface area contributed by atoms with Crippen molar-refractivity contribution >= 4 is 38.8 Å². The van der Waals surface area contributed by atoms with Crippen LogP contribution in [0.3, 0.4) is 0 Å². The third-order valence-corrected chi connectivity index (χ3v) is 5.52. The van der Waals surface area contributed by atoms with Crippen LogP contribution >= 0.6 is 15.9 Å². The first-order valence-electron chi connectivity index (χ1n) is 9.90. The predicted octanol–water partition coefficient (Wildman–Crippen LogP) is 6.25. The zero-order chi connectivity index (χ0) is 21.6. The monoisotopic (exact) mass is 472 g/mol. The highest BCUT2D eigenvalue weighted by molar-refractivity contribution is 9.10. The predicted molar refractivity (Wildman–Crippen MR) is 129 cm³/mol. The van der Waals surface area contributed by atoms with E-state index >= 15 is 0 Å². The number of halogens is 1. The van der Waals surface area contributed by atoms with Gasteiger partial charge in [0.05, 0.1) is 6.21 Å². The van der Waals surface area contributed by atoms with Crippen LogP contribution < -0.4 is 10.2 Å². The molecule has 0 aromatic heterocycles. The van der Waals surface area contributed by atoms with Crippen molar-refractivity contribution in [1.82, 2.24) is 5.43 Å². The largest absolute Gasteiger partial charge is 0.488 e. The van der Waals surface area contributed by atoms with Gasteiger partial charge in [0.15, 0.2) is 0 Å². The minimum absolute atomic E-state index is 0.244. The molecule has 0 aliphatic rings. The summed E-state index contributed by atoms with van der Waals surface area (Å²) in [5, 5.41) is 6.30. The highest BCUT2D eigenvalue weighted by atomic mass is 79.9. The zero-order valence-corrected chi connectivity index (χ0v) is 18.6. The molecule has 5 heteroatoms. The van der Waals surface area contributed by atoms with Crippen molar-refractivity contribution in [1.29, 1.82) is 0 Å². The summed E-state index contributed by atoms with van der Waals surface area (Å²) >= 11 is 3.45. The summed E-state index contributed by atoms with van der Waals surface area (Å²) in [7, 11) is 0. The Morgan fingerprint density at radius 2 is 1.71 bits per heavy atom. The lowest BCUT2D eigenvalue weighted by atomic mass is 10.0. The van der Waals surface area contributed by atoms with E-state index in [1.807, 2.05) is 85.8 Å². The summed E-state index contributed by atoms with van der Waals surface area (Å²) < 4.78 is 7.14. The molecule has 4 aromatic rings. The van der Waals surface area contributed by atoms with Gasteiger partial charge >= 0.3 is 0 Å². The van der Waals surface area contributed by atoms with E-state index in [1.165, 1.54) is 0 Å². The molecule has 4 rings (SSSR count). The van der Waals surface area contributed by atoms with Crippen molar-refractivity contribution in [2.75, 3.05) is 0 Å². The van der Waals surface area contributed by atoms with Gasteiger partial charge in [0.1, 0.15) is 12.4 Å². The zero-order valence-electron chi connectivity index (χ0n) is 17.0. The van der Waals surface area contributed by atoms with Crippen LogP contribution in [0, 0.1) is 6.92 Å². The Balaban J connectivity index is 1.59. The van der Waals surface area contributed by atoms with Crippen LogP contribution in [0.5, 0.6) is 5.75 Å². The van der Waals surface area contributed by atoms with E-state index in [-0.39, 0.29) is 5.91 Å². The number of fused-ring (bicyclic) bond motifs is 1. The molecule has 0 radical (unpaired) electrons. The number of nitrogens with one attached hydrogen (secondary N) is 1. The van der Waals surface area contributed by atoms with E-state index in [1.54, 1.807) is 12.3 Å². The summed E-state index contributed by atoms with van der Waals surface area (Å²) in [6.07, 6.45) is 1.65. The maximum absolute atomic E-state index is 12.5. The molecular formula is C26H21BrN2O2. The number of nitrogens with zero attached hydrogens (tertiary/aromatic N) is 1. The summed E-state index contributed by atoms with van der Waals surface area (Å²) in [6, 6.07) is 27.4. The van der Waals surface area contributed by atoms with Crippen LogP contribution in [0.25, 0.3) is 10.8 Å². The van der Waals surface area contributed by atoms with Gasteiger partial charge in [0.25, 0.3) is 5.91 Å². The Hall–Kier alpha value is -3.44. The molecular weight excluding hydrogens is 452 g/mol. The van der Waals surface area contributed by atoms with E-state index in [0.29, 0.717) is 17.9 Å². The van der Waals surface area contributed by atoms with Crippen molar-refractivity contribution in [2.24, 2.45) is 5.10 Å². The molecule has 0 unspecified atom stereocenters. The van der Waals surface area contributed by atoms with Crippen LogP contribution in [0.4, 0.5) is 0 Å². The van der Waals surface area contributed by atoms with Gasteiger partial charge in [-0.3, -0.25) is 4.79 Å². The number of hydrogen-bond donors (Lipinski definition) is 1. The Kier molecular flexibility index (Phi) is 6.43. The lowest BCUT2D eigenvalue weighted by molar-refractivity contribution is 0.0954. The van der Waals surface area contributed by atoms with Gasteiger partial charge < -0.3 is 4.74 Å². The molecule has 0 heterocycles. The molecule has 0 saturated carbocycles. The van der Waals surface area contributed by atoms with E-state index in [2.05, 4.69) is 26.5 Å². The van der Waals surface area contributed by atoms with Crippen molar-refractivity contribution in [2.45, 2.75) is 13.5 Å². The van der Waals surface area contributed by atoms with Gasteiger partial charge in [-0.15, -0.1) is 0 Å². The average Bonchev–Trinajstić information content (AvgIpc) is 2.79. The van der Waals surface area contributed by atoms with E-state index in [0.717, 1.165) is 31.9 Å². The van der Waals surface area contributed by atoms with Gasteiger partial charge in [-0.25, -0.2) is 5.43 Å². The molecule has 0 aliphatic carbocycles. The number of hydrazone groups is 1. The highest BCUT2D eigenvalue weighted by Crippen LogP contribution is 2.27. The maximum Gasteiger partial charge on any atom is 0.271 e. The highest BCUT2D eigenvalue weighted by Gasteiger charge is 2.09. The quantitative estimate of drug-likeness (QED) is 0.266. The number of aryl methyl sites for hydroxylation is 1. The second kappa shape index (κ2) is 9.58. The Morgan fingerprint density at radius 1 is 0.968 bits per heavy atom. The van der Waals surface area contributed by atoms with Crippen LogP contribution in [-0.2, 0) is 6.61 Å². The maximum atomic E-state index is 12.5. The Labute approximate surface area is 189 Å². The third kappa shape index (κ3) is 5.01. The van der Waals surface area contributed by atoms with Crippen LogP contribution in [0.2, 0.25) is 0 Å². The Bertz CT molecular complexity index is 1250. The van der Waals surface area contributed by atoms with E-state index in [4.69, 9.17) is 4.74 Å². The standard InChI is InChI=1S/C26H21BrN2O2/c1-18-6-2-4-8-22(18)26(30)29-28-16-24-23-9-5-3-7-20(23)12-15-25(24)31-17-19-10-13-21(27)14-11-19/h2-16H,17H2,1H3,(H,29,30)/b28-16-. The molecule has 0 fully saturated rings. The van der Waals surface area contributed by atoms with Crippen LogP contribution in [0.1, 0.15) is 27.0 Å². The molecule has 0 spiro atoms. The number of ether oxygens (including phenoxy) is 1. The average molecular weight is 473 g/mol. The summed E-state index contributed by atoms with van der Waals surface area (Å²) in [6.45, 7) is 2.33. The summed E-state index contributed by atoms with van der Waals surface area (Å²) in [4.78, 5) is 12.5. The molecule has 0 saturated heterocycles. The fourth-order valence-corrected chi connectivity index (χ4v) is 3.58. The molecule has 0 aliphatic heterocycles. The number of carbonyl (C=O) groups is 1. The van der Waals surface area contributed by atoms with Gasteiger partial charge in [-0.05, 0) is 53.1 Å². The second-order valence-corrected chi connectivity index (χ2v) is 8.04. The minimum atomic E-state index is -0.244.